The molecule has 0 amide bonds. The second-order valence-electron chi connectivity index (χ2n) is 6.47. The lowest BCUT2D eigenvalue weighted by Gasteiger charge is -2.46. The summed E-state index contributed by atoms with van der Waals surface area (Å²) in [6.45, 7) is 6.29. The molecule has 0 aromatic carbocycles. The van der Waals surface area contributed by atoms with Crippen LogP contribution in [-0.2, 0) is 0 Å². The summed E-state index contributed by atoms with van der Waals surface area (Å²) in [4.78, 5) is 2.78. The van der Waals surface area contributed by atoms with Crippen LogP contribution in [0, 0.1) is 11.8 Å². The smallest absolute Gasteiger partial charge is 0.0136 e. The Kier molecular flexibility index (Phi) is 3.72. The molecule has 3 aliphatic carbocycles. The first-order chi connectivity index (χ1) is 8.36. The molecule has 0 aliphatic heterocycles. The van der Waals surface area contributed by atoms with Crippen molar-refractivity contribution >= 4 is 0 Å². The van der Waals surface area contributed by atoms with Crippen LogP contribution in [0.5, 0.6) is 0 Å². The third kappa shape index (κ3) is 2.85. The van der Waals surface area contributed by atoms with Crippen LogP contribution in [0.4, 0.5) is 0 Å². The molecule has 0 saturated heterocycles. The topological polar surface area (TPSA) is 15.3 Å². The maximum Gasteiger partial charge on any atom is 0.0136 e. The summed E-state index contributed by atoms with van der Waals surface area (Å²) in [5.74, 6) is 1.99. The molecule has 0 spiro atoms. The fourth-order valence-electron chi connectivity index (χ4n) is 3.38. The van der Waals surface area contributed by atoms with Crippen molar-refractivity contribution in [1.29, 1.82) is 0 Å². The molecular formula is C15H28N2. The first-order valence-corrected chi connectivity index (χ1v) is 7.84. The Morgan fingerprint density at radius 1 is 1.06 bits per heavy atom. The average Bonchev–Trinajstić information content (AvgIpc) is 3.03. The van der Waals surface area contributed by atoms with Crippen LogP contribution in [0.3, 0.4) is 0 Å². The van der Waals surface area contributed by atoms with Crippen LogP contribution >= 0.6 is 0 Å². The van der Waals surface area contributed by atoms with Gasteiger partial charge in [-0.15, -0.1) is 0 Å². The lowest BCUT2D eigenvalue weighted by atomic mass is 9.77. The first kappa shape index (κ1) is 12.0. The number of nitrogens with one attached hydrogen (secondary N) is 1. The minimum atomic E-state index is 0.887. The van der Waals surface area contributed by atoms with E-state index in [0.29, 0.717) is 0 Å². The van der Waals surface area contributed by atoms with E-state index in [-0.39, 0.29) is 0 Å². The van der Waals surface area contributed by atoms with Crippen LogP contribution in [-0.4, -0.2) is 36.6 Å². The van der Waals surface area contributed by atoms with Crippen molar-refractivity contribution in [1.82, 2.24) is 10.2 Å². The molecule has 0 heterocycles. The summed E-state index contributed by atoms with van der Waals surface area (Å²) in [7, 11) is 0. The fourth-order valence-corrected chi connectivity index (χ4v) is 3.38. The van der Waals surface area contributed by atoms with Crippen molar-refractivity contribution in [3.63, 3.8) is 0 Å². The highest BCUT2D eigenvalue weighted by Gasteiger charge is 2.36. The Labute approximate surface area is 106 Å². The molecule has 98 valence electrons. The molecule has 3 fully saturated rings. The maximum atomic E-state index is 3.72. The summed E-state index contributed by atoms with van der Waals surface area (Å²) in [5.41, 5.74) is 0. The number of rotatable bonds is 7. The van der Waals surface area contributed by atoms with Gasteiger partial charge in [0.05, 0.1) is 0 Å². The second-order valence-corrected chi connectivity index (χ2v) is 6.47. The molecule has 17 heavy (non-hydrogen) atoms. The van der Waals surface area contributed by atoms with E-state index in [1.54, 1.807) is 0 Å². The SMILES string of the molecule is CCN(CC1CCC1)C1CCC1CNC1CC1. The van der Waals surface area contributed by atoms with E-state index in [0.717, 1.165) is 23.9 Å². The van der Waals surface area contributed by atoms with Crippen molar-refractivity contribution in [2.75, 3.05) is 19.6 Å². The molecule has 0 aromatic heterocycles. The Balaban J connectivity index is 1.43. The van der Waals surface area contributed by atoms with E-state index in [1.807, 2.05) is 0 Å². The molecule has 3 rings (SSSR count). The van der Waals surface area contributed by atoms with E-state index in [2.05, 4.69) is 17.1 Å². The third-order valence-electron chi connectivity index (χ3n) is 5.22. The zero-order valence-corrected chi connectivity index (χ0v) is 11.3. The molecule has 1 N–H and O–H groups in total. The van der Waals surface area contributed by atoms with Crippen LogP contribution in [0.25, 0.3) is 0 Å². The summed E-state index contributed by atoms with van der Waals surface area (Å²) in [6, 6.07) is 1.80. The van der Waals surface area contributed by atoms with E-state index in [1.165, 1.54) is 64.6 Å². The molecule has 3 aliphatic rings. The van der Waals surface area contributed by atoms with Crippen molar-refractivity contribution in [3.8, 4) is 0 Å². The Morgan fingerprint density at radius 2 is 1.88 bits per heavy atom. The Bertz CT molecular complexity index is 245. The molecule has 3 saturated carbocycles. The van der Waals surface area contributed by atoms with Gasteiger partial charge < -0.3 is 10.2 Å². The van der Waals surface area contributed by atoms with Gasteiger partial charge in [0.2, 0.25) is 0 Å². The predicted molar refractivity (Wildman–Crippen MR) is 72.1 cm³/mol. The molecule has 2 heteroatoms. The standard InChI is InChI=1S/C15H28N2/c1-2-17(11-12-4-3-5-12)15-9-6-13(15)10-16-14-7-8-14/h12-16H,2-11H2,1H3. The normalized spacial score (nSPS) is 33.5. The summed E-state index contributed by atoms with van der Waals surface area (Å²) < 4.78 is 0. The number of nitrogens with zero attached hydrogens (tertiary/aromatic N) is 1. The highest BCUT2D eigenvalue weighted by atomic mass is 15.2. The predicted octanol–water partition coefficient (Wildman–Crippen LogP) is 2.64. The molecular weight excluding hydrogens is 208 g/mol. The number of hydrogen-bond acceptors (Lipinski definition) is 2. The molecule has 0 bridgehead atoms. The average molecular weight is 236 g/mol. The van der Waals surface area contributed by atoms with Gasteiger partial charge in [-0.25, -0.2) is 0 Å². The number of hydrogen-bond donors (Lipinski definition) is 1. The van der Waals surface area contributed by atoms with E-state index < -0.39 is 0 Å². The van der Waals surface area contributed by atoms with Gasteiger partial charge >= 0.3 is 0 Å². The lowest BCUT2D eigenvalue weighted by Crippen LogP contribution is -2.52. The van der Waals surface area contributed by atoms with Crippen LogP contribution in [0.15, 0.2) is 0 Å². The van der Waals surface area contributed by atoms with E-state index >= 15 is 0 Å². The van der Waals surface area contributed by atoms with Gasteiger partial charge in [-0.05, 0) is 63.5 Å². The zero-order valence-electron chi connectivity index (χ0n) is 11.3. The minimum Gasteiger partial charge on any atom is -0.314 e. The zero-order chi connectivity index (χ0) is 11.7. The van der Waals surface area contributed by atoms with Gasteiger partial charge in [-0.1, -0.05) is 13.3 Å². The van der Waals surface area contributed by atoms with E-state index in [9.17, 15) is 0 Å². The van der Waals surface area contributed by atoms with Crippen LogP contribution in [0.2, 0.25) is 0 Å². The highest BCUT2D eigenvalue weighted by Crippen LogP contribution is 2.35. The van der Waals surface area contributed by atoms with Crippen molar-refractivity contribution in [2.45, 2.75) is 64.0 Å². The summed E-state index contributed by atoms with van der Waals surface area (Å²) in [5, 5.41) is 3.72. The molecule has 2 unspecified atom stereocenters. The summed E-state index contributed by atoms with van der Waals surface area (Å²) in [6.07, 6.45) is 10.2. The Hall–Kier alpha value is -0.0800. The second kappa shape index (κ2) is 5.27. The van der Waals surface area contributed by atoms with Gasteiger partial charge in [0.25, 0.3) is 0 Å². The monoisotopic (exact) mass is 236 g/mol. The van der Waals surface area contributed by atoms with Crippen LogP contribution < -0.4 is 5.32 Å². The van der Waals surface area contributed by atoms with Gasteiger partial charge in [0, 0.05) is 18.6 Å². The van der Waals surface area contributed by atoms with Crippen molar-refractivity contribution in [2.24, 2.45) is 11.8 Å². The maximum absolute atomic E-state index is 3.72. The van der Waals surface area contributed by atoms with Gasteiger partial charge in [-0.3, -0.25) is 0 Å². The van der Waals surface area contributed by atoms with E-state index in [4.69, 9.17) is 0 Å². The quantitative estimate of drug-likeness (QED) is 0.731. The fraction of sp³-hybridized carbons (Fsp3) is 1.00. The van der Waals surface area contributed by atoms with Crippen molar-refractivity contribution < 1.29 is 0 Å². The summed E-state index contributed by atoms with van der Waals surface area (Å²) >= 11 is 0. The highest BCUT2D eigenvalue weighted by molar-refractivity contribution is 4.93. The molecule has 0 aromatic rings. The molecule has 2 nitrogen and oxygen atoms in total. The minimum absolute atomic E-state index is 0.887. The van der Waals surface area contributed by atoms with Gasteiger partial charge in [-0.2, -0.15) is 0 Å². The molecule has 2 atom stereocenters. The third-order valence-corrected chi connectivity index (χ3v) is 5.22. The molecule has 0 radical (unpaired) electrons. The van der Waals surface area contributed by atoms with Gasteiger partial charge in [0.15, 0.2) is 0 Å². The van der Waals surface area contributed by atoms with Crippen molar-refractivity contribution in [3.05, 3.63) is 0 Å². The first-order valence-electron chi connectivity index (χ1n) is 7.84. The largest absolute Gasteiger partial charge is 0.314 e. The van der Waals surface area contributed by atoms with Crippen LogP contribution in [0.1, 0.15) is 51.9 Å². The van der Waals surface area contributed by atoms with Gasteiger partial charge in [0.1, 0.15) is 0 Å². The lowest BCUT2D eigenvalue weighted by molar-refractivity contribution is 0.0412. The Morgan fingerprint density at radius 3 is 2.35 bits per heavy atom.